The summed E-state index contributed by atoms with van der Waals surface area (Å²) in [6.07, 6.45) is 0.890. The van der Waals surface area contributed by atoms with Crippen LogP contribution in [0.15, 0.2) is 40.9 Å². The molecule has 0 bridgehead atoms. The minimum atomic E-state index is -4.57. The van der Waals surface area contributed by atoms with E-state index in [9.17, 15) is 18.0 Å². The van der Waals surface area contributed by atoms with Crippen molar-refractivity contribution in [1.82, 2.24) is 4.90 Å². The molecule has 0 radical (unpaired) electrons. The van der Waals surface area contributed by atoms with E-state index in [-0.39, 0.29) is 26.4 Å². The minimum Gasteiger partial charge on any atom is -0.294 e. The van der Waals surface area contributed by atoms with Crippen LogP contribution in [0, 0.1) is 17.2 Å². The number of hydrogen-bond acceptors (Lipinski definition) is 3. The lowest BCUT2D eigenvalue weighted by Gasteiger charge is -2.30. The number of likely N-dealkylation sites (tertiary alicyclic amines) is 1. The molecule has 0 aromatic heterocycles. The molecule has 2 aromatic carbocycles. The summed E-state index contributed by atoms with van der Waals surface area (Å²) in [4.78, 5) is 14.9. The van der Waals surface area contributed by atoms with Crippen LogP contribution in [0.4, 0.5) is 13.2 Å². The molecule has 36 heavy (non-hydrogen) atoms. The number of nitriles is 1. The number of rotatable bonds is 8. The number of Topliss-reactive ketones (excluding diaryl/α,β-unsaturated/α-hetero) is 1. The van der Waals surface area contributed by atoms with Crippen LogP contribution in [0.2, 0.25) is 15.1 Å². The van der Waals surface area contributed by atoms with Gasteiger partial charge in [0.25, 0.3) is 0 Å². The van der Waals surface area contributed by atoms with Crippen molar-refractivity contribution < 1.29 is 18.0 Å². The Hall–Kier alpha value is -1.56. The van der Waals surface area contributed by atoms with E-state index in [0.29, 0.717) is 34.5 Å². The molecule has 1 atom stereocenters. The SMILES string of the molecule is N#CCN1CCC(CCC(=O)c2ccc(/C=C/C(c3cc(Cl)c(Cl)c(Cl)c3)C(F)(F)F)cc2Br)CC1. The number of carbonyl (C=O) groups is 1. The predicted molar refractivity (Wildman–Crippen MR) is 142 cm³/mol. The van der Waals surface area contributed by atoms with Gasteiger partial charge in [-0.3, -0.25) is 9.69 Å². The highest BCUT2D eigenvalue weighted by Crippen LogP contribution is 2.41. The number of alkyl halides is 3. The maximum Gasteiger partial charge on any atom is 0.399 e. The maximum absolute atomic E-state index is 13.8. The van der Waals surface area contributed by atoms with Gasteiger partial charge in [0.1, 0.15) is 0 Å². The van der Waals surface area contributed by atoms with Gasteiger partial charge < -0.3 is 0 Å². The highest BCUT2D eigenvalue weighted by molar-refractivity contribution is 9.10. The van der Waals surface area contributed by atoms with E-state index < -0.39 is 12.1 Å². The second kappa shape index (κ2) is 12.8. The second-order valence-electron chi connectivity index (χ2n) is 8.76. The van der Waals surface area contributed by atoms with Gasteiger partial charge in [-0.05, 0) is 73.7 Å². The van der Waals surface area contributed by atoms with Gasteiger partial charge in [0.05, 0.1) is 33.6 Å². The lowest BCUT2D eigenvalue weighted by atomic mass is 9.90. The Balaban J connectivity index is 1.67. The number of ketones is 1. The molecule has 3 nitrogen and oxygen atoms in total. The third kappa shape index (κ3) is 7.72. The van der Waals surface area contributed by atoms with Crippen LogP contribution in [-0.4, -0.2) is 36.5 Å². The van der Waals surface area contributed by atoms with Crippen molar-refractivity contribution in [3.63, 3.8) is 0 Å². The number of halogens is 7. The fraction of sp³-hybridized carbons (Fsp3) is 0.385. The van der Waals surface area contributed by atoms with Gasteiger partial charge in [-0.2, -0.15) is 18.4 Å². The van der Waals surface area contributed by atoms with Crippen molar-refractivity contribution >= 4 is 62.6 Å². The molecule has 0 aliphatic carbocycles. The Morgan fingerprint density at radius 2 is 1.81 bits per heavy atom. The molecule has 192 valence electrons. The monoisotopic (exact) mass is 620 g/mol. The summed E-state index contributed by atoms with van der Waals surface area (Å²) in [6, 6.07) is 9.34. The Morgan fingerprint density at radius 1 is 1.17 bits per heavy atom. The molecule has 1 unspecified atom stereocenters. The number of nitrogens with zero attached hydrogens (tertiary/aromatic N) is 2. The van der Waals surface area contributed by atoms with Crippen molar-refractivity contribution in [3.05, 3.63) is 72.6 Å². The molecule has 1 fully saturated rings. The van der Waals surface area contributed by atoms with E-state index in [4.69, 9.17) is 40.1 Å². The topological polar surface area (TPSA) is 44.1 Å². The molecule has 10 heteroatoms. The third-order valence-corrected chi connectivity index (χ3v) is 8.13. The van der Waals surface area contributed by atoms with Crippen LogP contribution in [0.25, 0.3) is 6.08 Å². The third-order valence-electron chi connectivity index (χ3n) is 6.27. The zero-order valence-corrected chi connectivity index (χ0v) is 22.9. The standard InChI is InChI=1S/C26H23BrCl3F3N2O/c27-21-13-17(2-5-20(26(31,32)33)18-14-22(28)25(30)23(29)15-18)1-4-19(21)24(36)6-3-16-7-10-35(11-8-16)12-9-34/h1-2,4-5,13-16,20H,3,6-8,10-12H2/b5-2+. The lowest BCUT2D eigenvalue weighted by Crippen LogP contribution is -2.34. The van der Waals surface area contributed by atoms with Crippen LogP contribution in [-0.2, 0) is 0 Å². The normalized spacial score (nSPS) is 16.3. The predicted octanol–water partition coefficient (Wildman–Crippen LogP) is 8.97. The van der Waals surface area contributed by atoms with Gasteiger partial charge in [-0.25, -0.2) is 0 Å². The van der Waals surface area contributed by atoms with E-state index >= 15 is 0 Å². The first kappa shape index (κ1) is 29.0. The maximum atomic E-state index is 13.8. The average molecular weight is 623 g/mol. The number of allylic oxidation sites excluding steroid dienone is 1. The van der Waals surface area contributed by atoms with Crippen LogP contribution >= 0.6 is 50.7 Å². The van der Waals surface area contributed by atoms with Crippen molar-refractivity contribution in [3.8, 4) is 6.07 Å². The Kier molecular flexibility index (Phi) is 10.3. The van der Waals surface area contributed by atoms with Crippen LogP contribution < -0.4 is 0 Å². The highest BCUT2D eigenvalue weighted by atomic mass is 79.9. The van der Waals surface area contributed by atoms with Crippen molar-refractivity contribution in [2.24, 2.45) is 5.92 Å². The van der Waals surface area contributed by atoms with Crippen molar-refractivity contribution in [2.75, 3.05) is 19.6 Å². The lowest BCUT2D eigenvalue weighted by molar-refractivity contribution is -0.139. The zero-order valence-electron chi connectivity index (χ0n) is 19.1. The molecule has 0 spiro atoms. The molecule has 1 aliphatic heterocycles. The highest BCUT2D eigenvalue weighted by Gasteiger charge is 2.39. The molecular weight excluding hydrogens is 600 g/mol. The first-order valence-corrected chi connectivity index (χ1v) is 13.2. The summed E-state index contributed by atoms with van der Waals surface area (Å²) in [5.41, 5.74) is 0.879. The van der Waals surface area contributed by atoms with Gasteiger partial charge in [-0.1, -0.05) is 69.0 Å². The van der Waals surface area contributed by atoms with Crippen molar-refractivity contribution in [1.29, 1.82) is 5.26 Å². The molecule has 3 rings (SSSR count). The number of piperidine rings is 1. The van der Waals surface area contributed by atoms with E-state index in [0.717, 1.165) is 50.6 Å². The van der Waals surface area contributed by atoms with Gasteiger partial charge in [0.2, 0.25) is 0 Å². The van der Waals surface area contributed by atoms with Gasteiger partial charge >= 0.3 is 6.18 Å². The molecule has 2 aromatic rings. The van der Waals surface area contributed by atoms with Gasteiger partial charge in [0.15, 0.2) is 5.78 Å². The van der Waals surface area contributed by atoms with E-state index in [1.807, 2.05) is 0 Å². The zero-order chi connectivity index (χ0) is 26.5. The number of carbonyl (C=O) groups excluding carboxylic acids is 1. The molecule has 0 amide bonds. The fourth-order valence-electron chi connectivity index (χ4n) is 4.24. The first-order chi connectivity index (χ1) is 17.0. The number of hydrogen-bond donors (Lipinski definition) is 0. The molecule has 1 saturated heterocycles. The largest absolute Gasteiger partial charge is 0.399 e. The Labute approximate surface area is 231 Å². The molecule has 0 saturated carbocycles. The summed E-state index contributed by atoms with van der Waals surface area (Å²) in [5, 5.41) is 8.69. The van der Waals surface area contributed by atoms with Gasteiger partial charge in [0, 0.05) is 16.5 Å². The smallest absolute Gasteiger partial charge is 0.294 e. The Morgan fingerprint density at radius 3 is 2.36 bits per heavy atom. The van der Waals surface area contributed by atoms with Gasteiger partial charge in [-0.15, -0.1) is 0 Å². The van der Waals surface area contributed by atoms with Crippen LogP contribution in [0.5, 0.6) is 0 Å². The van der Waals surface area contributed by atoms with Crippen LogP contribution in [0.3, 0.4) is 0 Å². The number of benzene rings is 2. The van der Waals surface area contributed by atoms with E-state index in [2.05, 4.69) is 26.9 Å². The van der Waals surface area contributed by atoms with E-state index in [1.165, 1.54) is 6.08 Å². The molecule has 1 aliphatic rings. The summed E-state index contributed by atoms with van der Waals surface area (Å²) >= 11 is 21.1. The quantitative estimate of drug-likeness (QED) is 0.168. The Bertz CT molecular complexity index is 1150. The van der Waals surface area contributed by atoms with E-state index in [1.54, 1.807) is 18.2 Å². The van der Waals surface area contributed by atoms with Crippen molar-refractivity contribution in [2.45, 2.75) is 37.8 Å². The summed E-state index contributed by atoms with van der Waals surface area (Å²) in [5.74, 6) is -1.51. The fourth-order valence-corrected chi connectivity index (χ4v) is 5.47. The second-order valence-corrected chi connectivity index (χ2v) is 10.8. The molecule has 1 heterocycles. The minimum absolute atomic E-state index is 0.000584. The summed E-state index contributed by atoms with van der Waals surface area (Å²) in [7, 11) is 0. The average Bonchev–Trinajstić information content (AvgIpc) is 2.81. The first-order valence-electron chi connectivity index (χ1n) is 11.3. The molecule has 0 N–H and O–H groups in total. The summed E-state index contributed by atoms with van der Waals surface area (Å²) < 4.78 is 41.9. The van der Waals surface area contributed by atoms with Crippen LogP contribution in [0.1, 0.15) is 53.1 Å². The molecular formula is C26H23BrCl3F3N2O. The summed E-state index contributed by atoms with van der Waals surface area (Å²) in [6.45, 7) is 2.17.